The number of thioether (sulfide) groups is 1. The molecule has 3 aliphatic rings. The van der Waals surface area contributed by atoms with Crippen LogP contribution in [0.25, 0.3) is 0 Å². The highest BCUT2D eigenvalue weighted by atomic mass is 32.2. The highest BCUT2D eigenvalue weighted by molar-refractivity contribution is 8.00. The molecule has 1 fully saturated rings. The third kappa shape index (κ3) is 1.71. The molecule has 2 nitrogen and oxygen atoms in total. The molecule has 0 aromatic rings. The van der Waals surface area contributed by atoms with Gasteiger partial charge in [0.25, 0.3) is 0 Å². The van der Waals surface area contributed by atoms with Gasteiger partial charge in [-0.15, -0.1) is 11.8 Å². The fourth-order valence-electron chi connectivity index (χ4n) is 2.78. The van der Waals surface area contributed by atoms with Gasteiger partial charge >= 0.3 is 5.97 Å². The molecule has 84 valence electrons. The largest absolute Gasteiger partial charge is 0.465 e. The van der Waals surface area contributed by atoms with Gasteiger partial charge in [-0.3, -0.25) is 4.79 Å². The van der Waals surface area contributed by atoms with Crippen LogP contribution in [0.3, 0.4) is 0 Å². The highest BCUT2D eigenvalue weighted by Gasteiger charge is 2.51. The van der Waals surface area contributed by atoms with Gasteiger partial charge in [-0.1, -0.05) is 12.2 Å². The van der Waals surface area contributed by atoms with Crippen molar-refractivity contribution in [2.75, 3.05) is 12.9 Å². The maximum absolute atomic E-state index is 12.1. The van der Waals surface area contributed by atoms with Gasteiger partial charge in [0.05, 0.1) is 6.61 Å². The Morgan fingerprint density at radius 2 is 2.33 bits per heavy atom. The number of esters is 1. The summed E-state index contributed by atoms with van der Waals surface area (Å²) in [6.45, 7) is 2.37. The normalized spacial score (nSPS) is 38.0. The molecule has 3 rings (SSSR count). The molecule has 0 aromatic carbocycles. The Hall–Kier alpha value is -0.440. The minimum atomic E-state index is -0.284. The lowest BCUT2D eigenvalue weighted by Crippen LogP contribution is -2.49. The van der Waals surface area contributed by atoms with Crippen molar-refractivity contribution in [2.24, 2.45) is 11.8 Å². The van der Waals surface area contributed by atoms with E-state index in [2.05, 4.69) is 12.2 Å². The average Bonchev–Trinajstić information content (AvgIpc) is 2.30. The van der Waals surface area contributed by atoms with E-state index in [1.165, 1.54) is 6.42 Å². The van der Waals surface area contributed by atoms with Crippen molar-refractivity contribution in [2.45, 2.75) is 30.9 Å². The van der Waals surface area contributed by atoms with Gasteiger partial charge < -0.3 is 4.74 Å². The Bertz CT molecular complexity index is 287. The van der Waals surface area contributed by atoms with Crippen molar-refractivity contribution in [1.29, 1.82) is 0 Å². The first kappa shape index (κ1) is 11.1. The summed E-state index contributed by atoms with van der Waals surface area (Å²) in [7, 11) is 0. The fraction of sp³-hybridized carbons (Fsp3) is 0.750. The Labute approximate surface area is 95.5 Å². The van der Waals surface area contributed by atoms with Gasteiger partial charge in [0.1, 0.15) is 4.75 Å². The molecule has 3 atom stereocenters. The lowest BCUT2D eigenvalue weighted by molar-refractivity contribution is -0.148. The number of hydrogen-bond acceptors (Lipinski definition) is 3. The summed E-state index contributed by atoms with van der Waals surface area (Å²) in [6.07, 6.45) is 9.89. The van der Waals surface area contributed by atoms with Crippen LogP contribution in [0.5, 0.6) is 0 Å². The molecule has 0 aromatic heterocycles. The molecule has 15 heavy (non-hydrogen) atoms. The predicted octanol–water partition coefficient (Wildman–Crippen LogP) is 2.64. The quantitative estimate of drug-likeness (QED) is 0.546. The molecule has 1 saturated carbocycles. The minimum absolute atomic E-state index is 0.00319. The minimum Gasteiger partial charge on any atom is -0.465 e. The zero-order valence-corrected chi connectivity index (χ0v) is 10.2. The van der Waals surface area contributed by atoms with Crippen LogP contribution in [-0.2, 0) is 9.53 Å². The van der Waals surface area contributed by atoms with Gasteiger partial charge in [0.2, 0.25) is 0 Å². The van der Waals surface area contributed by atoms with Crippen molar-refractivity contribution < 1.29 is 9.53 Å². The molecular weight excluding hydrogens is 208 g/mol. The topological polar surface area (TPSA) is 26.3 Å². The maximum Gasteiger partial charge on any atom is 0.322 e. The first-order valence-corrected chi connectivity index (χ1v) is 6.86. The Morgan fingerprint density at radius 1 is 1.53 bits per heavy atom. The number of rotatable bonds is 3. The van der Waals surface area contributed by atoms with Gasteiger partial charge in [-0.25, -0.2) is 0 Å². The summed E-state index contributed by atoms with van der Waals surface area (Å²) in [5.41, 5.74) is 0. The zero-order valence-electron chi connectivity index (χ0n) is 9.36. The summed E-state index contributed by atoms with van der Waals surface area (Å²) in [6, 6.07) is 0. The first-order chi connectivity index (χ1) is 7.23. The molecule has 0 N–H and O–H groups in total. The second-order valence-electron chi connectivity index (χ2n) is 4.35. The number of carbonyl (C=O) groups is 1. The monoisotopic (exact) mass is 226 g/mol. The summed E-state index contributed by atoms with van der Waals surface area (Å²) >= 11 is 1.68. The third-order valence-electron chi connectivity index (χ3n) is 3.61. The molecule has 0 amide bonds. The van der Waals surface area contributed by atoms with E-state index in [1.807, 2.05) is 13.2 Å². The summed E-state index contributed by atoms with van der Waals surface area (Å²) in [4.78, 5) is 12.1. The van der Waals surface area contributed by atoms with Crippen LogP contribution >= 0.6 is 11.8 Å². The zero-order chi connectivity index (χ0) is 10.9. The predicted molar refractivity (Wildman–Crippen MR) is 62.9 cm³/mol. The van der Waals surface area contributed by atoms with E-state index in [9.17, 15) is 4.79 Å². The summed E-state index contributed by atoms with van der Waals surface area (Å²) in [5.74, 6) is 0.972. The van der Waals surface area contributed by atoms with E-state index < -0.39 is 0 Å². The molecule has 0 aliphatic heterocycles. The van der Waals surface area contributed by atoms with E-state index in [0.29, 0.717) is 18.4 Å². The van der Waals surface area contributed by atoms with E-state index in [1.54, 1.807) is 11.8 Å². The van der Waals surface area contributed by atoms with Crippen LogP contribution in [0.4, 0.5) is 0 Å². The average molecular weight is 226 g/mol. The molecular formula is C12H18O2S. The highest BCUT2D eigenvalue weighted by Crippen LogP contribution is 2.50. The van der Waals surface area contributed by atoms with E-state index in [0.717, 1.165) is 12.8 Å². The molecule has 0 saturated heterocycles. The number of allylic oxidation sites excluding steroid dienone is 2. The lowest BCUT2D eigenvalue weighted by atomic mass is 9.68. The van der Waals surface area contributed by atoms with Crippen molar-refractivity contribution in [3.05, 3.63) is 12.2 Å². The van der Waals surface area contributed by atoms with Crippen LogP contribution in [0, 0.1) is 11.8 Å². The second kappa shape index (κ2) is 4.20. The molecule has 2 bridgehead atoms. The molecule has 0 radical (unpaired) electrons. The number of hydrogen-bond donors (Lipinski definition) is 0. The standard InChI is InChI=1S/C12H18O2S/c1-3-14-11(13)12(15-2)8-9-4-6-10(12)7-5-9/h4,6,9-10H,3,5,7-8H2,1-2H3. The van der Waals surface area contributed by atoms with Crippen LogP contribution in [0.1, 0.15) is 26.2 Å². The molecule has 3 aliphatic carbocycles. The van der Waals surface area contributed by atoms with E-state index in [-0.39, 0.29) is 10.7 Å². The van der Waals surface area contributed by atoms with Gasteiger partial charge in [-0.05, 0) is 38.4 Å². The van der Waals surface area contributed by atoms with Crippen LogP contribution in [-0.4, -0.2) is 23.6 Å². The van der Waals surface area contributed by atoms with E-state index in [4.69, 9.17) is 4.74 Å². The van der Waals surface area contributed by atoms with Crippen molar-refractivity contribution in [3.63, 3.8) is 0 Å². The first-order valence-electron chi connectivity index (χ1n) is 5.63. The maximum atomic E-state index is 12.1. The molecule has 3 heteroatoms. The van der Waals surface area contributed by atoms with Crippen LogP contribution in [0.2, 0.25) is 0 Å². The Morgan fingerprint density at radius 3 is 2.73 bits per heavy atom. The molecule has 0 spiro atoms. The SMILES string of the molecule is CCOC(=O)C1(SC)CC2C=CC1CC2. The number of fused-ring (bicyclic) bond motifs is 2. The van der Waals surface area contributed by atoms with Gasteiger partial charge in [0.15, 0.2) is 0 Å². The van der Waals surface area contributed by atoms with Crippen molar-refractivity contribution in [3.8, 4) is 0 Å². The van der Waals surface area contributed by atoms with Gasteiger partial charge in [-0.2, -0.15) is 0 Å². The summed E-state index contributed by atoms with van der Waals surface area (Å²) < 4.78 is 4.95. The number of carbonyl (C=O) groups excluding carboxylic acids is 1. The van der Waals surface area contributed by atoms with E-state index >= 15 is 0 Å². The smallest absolute Gasteiger partial charge is 0.322 e. The Kier molecular flexibility index (Phi) is 3.10. The molecule has 3 unspecified atom stereocenters. The second-order valence-corrected chi connectivity index (χ2v) is 5.48. The number of ether oxygens (including phenoxy) is 1. The third-order valence-corrected chi connectivity index (χ3v) is 4.98. The van der Waals surface area contributed by atoms with Gasteiger partial charge in [0, 0.05) is 5.92 Å². The molecule has 0 heterocycles. The lowest BCUT2D eigenvalue weighted by Gasteiger charge is -2.45. The van der Waals surface area contributed by atoms with Crippen LogP contribution in [0.15, 0.2) is 12.2 Å². The fourth-order valence-corrected chi connectivity index (χ4v) is 3.89. The van der Waals surface area contributed by atoms with Crippen molar-refractivity contribution >= 4 is 17.7 Å². The summed E-state index contributed by atoms with van der Waals surface area (Å²) in [5, 5.41) is 0. The Balaban J connectivity index is 2.22. The van der Waals surface area contributed by atoms with Crippen molar-refractivity contribution in [1.82, 2.24) is 0 Å². The van der Waals surface area contributed by atoms with Crippen LogP contribution < -0.4 is 0 Å².